The largest absolute Gasteiger partial charge is 0.309 e. The molecule has 2 rings (SSSR count). The zero-order valence-corrected chi connectivity index (χ0v) is 10.6. The molecule has 6 heteroatoms. The molecule has 1 aromatic heterocycles. The zero-order valence-electron chi connectivity index (χ0n) is 8.29. The van der Waals surface area contributed by atoms with Crippen LogP contribution in [0, 0.1) is 5.92 Å². The fourth-order valence-electron chi connectivity index (χ4n) is 1.72. The van der Waals surface area contributed by atoms with Gasteiger partial charge in [-0.2, -0.15) is 0 Å². The maximum Gasteiger partial charge on any atom is 0.227 e. The minimum Gasteiger partial charge on any atom is -0.309 e. The average molecular weight is 280 g/mol. The Hall–Kier alpha value is -0.510. The van der Waals surface area contributed by atoms with Crippen LogP contribution in [0.4, 0.5) is 5.69 Å². The minimum atomic E-state index is 0.0108. The molecule has 0 spiro atoms. The predicted molar refractivity (Wildman–Crippen MR) is 65.4 cm³/mol. The summed E-state index contributed by atoms with van der Waals surface area (Å²) in [7, 11) is 0. The molecule has 1 fully saturated rings. The summed E-state index contributed by atoms with van der Waals surface area (Å²) in [5.41, 5.74) is 0.562. The van der Waals surface area contributed by atoms with E-state index in [9.17, 15) is 4.79 Å². The standard InChI is InChI=1S/C10H9Cl3N2O/c11-3-6-1-9(16)15(5-6)8-2-7(12)4-14-10(8)13/h2,4,6H,1,3,5H2. The lowest BCUT2D eigenvalue weighted by atomic mass is 10.1. The van der Waals surface area contributed by atoms with Crippen LogP contribution in [0.3, 0.4) is 0 Å². The number of halogens is 3. The van der Waals surface area contributed by atoms with Gasteiger partial charge in [-0.25, -0.2) is 4.98 Å². The average Bonchev–Trinajstić information content (AvgIpc) is 2.63. The summed E-state index contributed by atoms with van der Waals surface area (Å²) >= 11 is 17.5. The molecule has 1 unspecified atom stereocenters. The topological polar surface area (TPSA) is 33.2 Å². The lowest BCUT2D eigenvalue weighted by Crippen LogP contribution is -2.25. The molecule has 1 atom stereocenters. The van der Waals surface area contributed by atoms with Gasteiger partial charge in [0.1, 0.15) is 0 Å². The first-order chi connectivity index (χ1) is 7.61. The van der Waals surface area contributed by atoms with E-state index in [1.165, 1.54) is 6.20 Å². The minimum absolute atomic E-state index is 0.0108. The van der Waals surface area contributed by atoms with Crippen molar-refractivity contribution in [3.63, 3.8) is 0 Å². The first kappa shape index (κ1) is 12.0. The molecule has 3 nitrogen and oxygen atoms in total. The number of carbonyl (C=O) groups excluding carboxylic acids is 1. The van der Waals surface area contributed by atoms with E-state index >= 15 is 0 Å². The number of anilines is 1. The second kappa shape index (κ2) is 4.78. The maximum atomic E-state index is 11.7. The highest BCUT2D eigenvalue weighted by molar-refractivity contribution is 6.34. The van der Waals surface area contributed by atoms with Gasteiger partial charge < -0.3 is 4.90 Å². The summed E-state index contributed by atoms with van der Waals surface area (Å²) in [6.07, 6.45) is 1.90. The van der Waals surface area contributed by atoms with Crippen LogP contribution in [0.15, 0.2) is 12.3 Å². The highest BCUT2D eigenvalue weighted by Gasteiger charge is 2.31. The van der Waals surface area contributed by atoms with Crippen LogP contribution in [0.25, 0.3) is 0 Å². The van der Waals surface area contributed by atoms with Gasteiger partial charge in [-0.3, -0.25) is 4.79 Å². The molecular weight excluding hydrogens is 270 g/mol. The number of hydrogen-bond donors (Lipinski definition) is 0. The Morgan fingerprint density at radius 2 is 2.25 bits per heavy atom. The van der Waals surface area contributed by atoms with Crippen molar-refractivity contribution in [1.29, 1.82) is 0 Å². The molecule has 86 valence electrons. The van der Waals surface area contributed by atoms with E-state index in [2.05, 4.69) is 4.98 Å². The van der Waals surface area contributed by atoms with E-state index < -0.39 is 0 Å². The Bertz CT molecular complexity index is 425. The molecule has 0 aromatic carbocycles. The third-order valence-electron chi connectivity index (χ3n) is 2.50. The molecule has 0 bridgehead atoms. The molecule has 1 aromatic rings. The summed E-state index contributed by atoms with van der Waals surface area (Å²) in [6, 6.07) is 1.64. The molecule has 2 heterocycles. The Morgan fingerprint density at radius 3 is 2.88 bits per heavy atom. The number of pyridine rings is 1. The van der Waals surface area contributed by atoms with Crippen LogP contribution in [0.1, 0.15) is 6.42 Å². The van der Waals surface area contributed by atoms with E-state index in [-0.39, 0.29) is 17.0 Å². The van der Waals surface area contributed by atoms with Crippen molar-refractivity contribution in [1.82, 2.24) is 4.98 Å². The molecule has 0 radical (unpaired) electrons. The van der Waals surface area contributed by atoms with Gasteiger partial charge >= 0.3 is 0 Å². The Balaban J connectivity index is 2.30. The van der Waals surface area contributed by atoms with E-state index in [4.69, 9.17) is 34.8 Å². The molecule has 0 N–H and O–H groups in total. The number of amides is 1. The van der Waals surface area contributed by atoms with Crippen LogP contribution in [-0.2, 0) is 4.79 Å². The molecule has 0 aliphatic carbocycles. The number of hydrogen-bond acceptors (Lipinski definition) is 2. The molecule has 1 aliphatic rings. The van der Waals surface area contributed by atoms with Crippen molar-refractivity contribution >= 4 is 46.4 Å². The quantitative estimate of drug-likeness (QED) is 0.616. The third-order valence-corrected chi connectivity index (χ3v) is 3.44. The predicted octanol–water partition coefficient (Wildman–Crippen LogP) is 2.98. The highest BCUT2D eigenvalue weighted by atomic mass is 35.5. The van der Waals surface area contributed by atoms with Gasteiger partial charge in [-0.1, -0.05) is 23.2 Å². The number of carbonyl (C=O) groups is 1. The molecule has 16 heavy (non-hydrogen) atoms. The molecule has 1 saturated heterocycles. The van der Waals surface area contributed by atoms with E-state index in [0.29, 0.717) is 29.6 Å². The summed E-state index contributed by atoms with van der Waals surface area (Å²) in [6.45, 7) is 0.573. The molecule has 1 amide bonds. The van der Waals surface area contributed by atoms with Crippen molar-refractivity contribution in [3.05, 3.63) is 22.4 Å². The lowest BCUT2D eigenvalue weighted by molar-refractivity contribution is -0.117. The van der Waals surface area contributed by atoms with Gasteiger partial charge in [0.05, 0.1) is 10.7 Å². The fourth-order valence-corrected chi connectivity index (χ4v) is 2.28. The number of alkyl halides is 1. The van der Waals surface area contributed by atoms with Gasteiger partial charge in [0.25, 0.3) is 0 Å². The number of nitrogens with zero attached hydrogens (tertiary/aromatic N) is 2. The summed E-state index contributed by atoms with van der Waals surface area (Å²) < 4.78 is 0. The summed E-state index contributed by atoms with van der Waals surface area (Å²) in [4.78, 5) is 17.3. The Morgan fingerprint density at radius 1 is 1.50 bits per heavy atom. The monoisotopic (exact) mass is 278 g/mol. The number of aromatic nitrogens is 1. The van der Waals surface area contributed by atoms with Crippen LogP contribution < -0.4 is 4.90 Å². The summed E-state index contributed by atoms with van der Waals surface area (Å²) in [5.74, 6) is 0.647. The second-order valence-corrected chi connectivity index (χ2v) is 4.80. The van der Waals surface area contributed by atoms with Gasteiger partial charge in [0.2, 0.25) is 5.91 Å². The Labute approximate surface area is 108 Å². The van der Waals surface area contributed by atoms with Crippen molar-refractivity contribution in [2.75, 3.05) is 17.3 Å². The van der Waals surface area contributed by atoms with E-state index in [1.807, 2.05) is 0 Å². The van der Waals surface area contributed by atoms with Crippen molar-refractivity contribution in [2.24, 2.45) is 5.92 Å². The smallest absolute Gasteiger partial charge is 0.227 e. The Kier molecular flexibility index (Phi) is 3.57. The third kappa shape index (κ3) is 2.26. The fraction of sp³-hybridized carbons (Fsp3) is 0.400. The van der Waals surface area contributed by atoms with Gasteiger partial charge in [-0.15, -0.1) is 11.6 Å². The second-order valence-electron chi connectivity index (χ2n) is 3.69. The van der Waals surface area contributed by atoms with E-state index in [1.54, 1.807) is 11.0 Å². The van der Waals surface area contributed by atoms with Gasteiger partial charge in [0, 0.05) is 25.0 Å². The molecular formula is C10H9Cl3N2O. The van der Waals surface area contributed by atoms with E-state index in [0.717, 1.165) is 0 Å². The molecule has 1 aliphatic heterocycles. The highest BCUT2D eigenvalue weighted by Crippen LogP contribution is 2.31. The number of rotatable bonds is 2. The van der Waals surface area contributed by atoms with Crippen molar-refractivity contribution in [3.8, 4) is 0 Å². The van der Waals surface area contributed by atoms with Crippen LogP contribution >= 0.6 is 34.8 Å². The van der Waals surface area contributed by atoms with Gasteiger partial charge in [-0.05, 0) is 12.0 Å². The van der Waals surface area contributed by atoms with Crippen molar-refractivity contribution < 1.29 is 4.79 Å². The molecule has 0 saturated carbocycles. The first-order valence-electron chi connectivity index (χ1n) is 4.79. The SMILES string of the molecule is O=C1CC(CCl)CN1c1cc(Cl)cnc1Cl. The van der Waals surface area contributed by atoms with Crippen LogP contribution in [0.5, 0.6) is 0 Å². The van der Waals surface area contributed by atoms with Gasteiger partial charge in [0.15, 0.2) is 5.15 Å². The summed E-state index contributed by atoms with van der Waals surface area (Å²) in [5, 5.41) is 0.745. The normalized spacial score (nSPS) is 20.6. The lowest BCUT2D eigenvalue weighted by Gasteiger charge is -2.17. The van der Waals surface area contributed by atoms with Crippen LogP contribution in [-0.4, -0.2) is 23.3 Å². The maximum absolute atomic E-state index is 11.7. The first-order valence-corrected chi connectivity index (χ1v) is 6.08. The zero-order chi connectivity index (χ0) is 11.7. The van der Waals surface area contributed by atoms with Crippen molar-refractivity contribution in [2.45, 2.75) is 6.42 Å². The van der Waals surface area contributed by atoms with Crippen LogP contribution in [0.2, 0.25) is 10.2 Å².